The quantitative estimate of drug-likeness (QED) is 0.699. The van der Waals surface area contributed by atoms with E-state index in [1.54, 1.807) is 30.3 Å². The Morgan fingerprint density at radius 1 is 0.846 bits per heavy atom. The molecule has 8 heteroatoms. The number of alkyl halides is 3. The van der Waals surface area contributed by atoms with Crippen LogP contribution in [0.5, 0.6) is 0 Å². The zero-order valence-corrected chi connectivity index (χ0v) is 13.2. The number of rotatable bonds is 4. The molecule has 0 spiro atoms. The number of nitriles is 1. The highest BCUT2D eigenvalue weighted by molar-refractivity contribution is 5.60. The minimum Gasteiger partial charge on any atom is -0.340 e. The van der Waals surface area contributed by atoms with E-state index in [9.17, 15) is 13.2 Å². The number of aromatic nitrogens is 2. The van der Waals surface area contributed by atoms with E-state index >= 15 is 0 Å². The number of hydrogen-bond acceptors (Lipinski definition) is 5. The molecule has 0 radical (unpaired) electrons. The topological polar surface area (TPSA) is 73.6 Å². The van der Waals surface area contributed by atoms with E-state index in [2.05, 4.69) is 20.6 Å². The van der Waals surface area contributed by atoms with Crippen molar-refractivity contribution in [3.63, 3.8) is 0 Å². The van der Waals surface area contributed by atoms with Gasteiger partial charge in [0.15, 0.2) is 0 Å². The summed E-state index contributed by atoms with van der Waals surface area (Å²) in [5, 5.41) is 14.7. The first-order valence-electron chi connectivity index (χ1n) is 7.48. The molecule has 0 atom stereocenters. The molecule has 0 bridgehead atoms. The highest BCUT2D eigenvalue weighted by Gasteiger charge is 2.29. The van der Waals surface area contributed by atoms with Crippen LogP contribution in [0, 0.1) is 11.3 Å². The highest BCUT2D eigenvalue weighted by Crippen LogP contribution is 2.30. The standard InChI is InChI=1S/C18H12F3N5/c19-18(20,21)13-3-7-15(8-4-13)25-17-23-10-9-16(26-17)24-14-5-1-12(11-22)2-6-14/h1-10H,(H2,23,24,25,26). The molecule has 26 heavy (non-hydrogen) atoms. The summed E-state index contributed by atoms with van der Waals surface area (Å²) in [7, 11) is 0. The number of benzene rings is 2. The van der Waals surface area contributed by atoms with Crippen LogP contribution in [0.25, 0.3) is 0 Å². The van der Waals surface area contributed by atoms with Crippen molar-refractivity contribution in [1.29, 1.82) is 5.26 Å². The van der Waals surface area contributed by atoms with E-state index in [4.69, 9.17) is 5.26 Å². The van der Waals surface area contributed by atoms with Crippen LogP contribution in [0.4, 0.5) is 36.3 Å². The fourth-order valence-electron chi connectivity index (χ4n) is 2.14. The Morgan fingerprint density at radius 3 is 2.08 bits per heavy atom. The maximum absolute atomic E-state index is 12.6. The minimum absolute atomic E-state index is 0.239. The molecule has 0 aliphatic heterocycles. The van der Waals surface area contributed by atoms with E-state index in [1.807, 2.05) is 6.07 Å². The smallest absolute Gasteiger partial charge is 0.340 e. The van der Waals surface area contributed by atoms with Gasteiger partial charge in [0.2, 0.25) is 5.95 Å². The minimum atomic E-state index is -4.38. The van der Waals surface area contributed by atoms with Crippen molar-refractivity contribution < 1.29 is 13.2 Å². The predicted molar refractivity (Wildman–Crippen MR) is 91.2 cm³/mol. The zero-order valence-electron chi connectivity index (χ0n) is 13.2. The first kappa shape index (κ1) is 17.2. The Bertz CT molecular complexity index is 929. The molecule has 5 nitrogen and oxygen atoms in total. The van der Waals surface area contributed by atoms with Crippen LogP contribution < -0.4 is 10.6 Å². The Morgan fingerprint density at radius 2 is 1.46 bits per heavy atom. The van der Waals surface area contributed by atoms with E-state index in [1.165, 1.54) is 18.3 Å². The summed E-state index contributed by atoms with van der Waals surface area (Å²) in [5.41, 5.74) is 1.000. The third-order valence-corrected chi connectivity index (χ3v) is 3.41. The van der Waals surface area contributed by atoms with Gasteiger partial charge in [-0.05, 0) is 54.6 Å². The highest BCUT2D eigenvalue weighted by atomic mass is 19.4. The van der Waals surface area contributed by atoms with Crippen LogP contribution in [-0.4, -0.2) is 9.97 Å². The van der Waals surface area contributed by atoms with Crippen molar-refractivity contribution in [2.75, 3.05) is 10.6 Å². The average molecular weight is 355 g/mol. The maximum Gasteiger partial charge on any atom is 0.416 e. The lowest BCUT2D eigenvalue weighted by molar-refractivity contribution is -0.137. The summed E-state index contributed by atoms with van der Waals surface area (Å²) in [5.74, 6) is 0.738. The van der Waals surface area contributed by atoms with Crippen LogP contribution in [0.3, 0.4) is 0 Å². The van der Waals surface area contributed by atoms with Gasteiger partial charge >= 0.3 is 6.18 Å². The lowest BCUT2D eigenvalue weighted by Gasteiger charge is -2.10. The monoisotopic (exact) mass is 355 g/mol. The average Bonchev–Trinajstić information content (AvgIpc) is 2.62. The molecule has 0 saturated heterocycles. The maximum atomic E-state index is 12.6. The van der Waals surface area contributed by atoms with Gasteiger partial charge in [0, 0.05) is 17.6 Å². The zero-order chi connectivity index (χ0) is 18.6. The molecule has 1 aromatic heterocycles. The molecule has 0 unspecified atom stereocenters. The van der Waals surface area contributed by atoms with Gasteiger partial charge in [0.1, 0.15) is 5.82 Å². The molecule has 3 aromatic rings. The number of halogens is 3. The second-order valence-corrected chi connectivity index (χ2v) is 5.28. The van der Waals surface area contributed by atoms with Gasteiger partial charge in [0.05, 0.1) is 17.2 Å². The van der Waals surface area contributed by atoms with Crippen molar-refractivity contribution in [1.82, 2.24) is 9.97 Å². The van der Waals surface area contributed by atoms with E-state index in [-0.39, 0.29) is 5.95 Å². The first-order chi connectivity index (χ1) is 12.4. The van der Waals surface area contributed by atoms with Gasteiger partial charge in [0.25, 0.3) is 0 Å². The van der Waals surface area contributed by atoms with Crippen molar-refractivity contribution in [2.24, 2.45) is 0 Å². The summed E-state index contributed by atoms with van der Waals surface area (Å²) >= 11 is 0. The molecular formula is C18H12F3N5. The van der Waals surface area contributed by atoms with Gasteiger partial charge in [-0.25, -0.2) is 4.98 Å². The van der Waals surface area contributed by atoms with Gasteiger partial charge in [-0.3, -0.25) is 0 Å². The molecule has 0 aliphatic carbocycles. The molecule has 2 N–H and O–H groups in total. The first-order valence-corrected chi connectivity index (χ1v) is 7.48. The predicted octanol–water partition coefficient (Wildman–Crippen LogP) is 4.85. The number of nitrogens with one attached hydrogen (secondary N) is 2. The van der Waals surface area contributed by atoms with Gasteiger partial charge in [-0.1, -0.05) is 0 Å². The molecule has 0 saturated carbocycles. The van der Waals surface area contributed by atoms with Crippen LogP contribution in [-0.2, 0) is 6.18 Å². The summed E-state index contributed by atoms with van der Waals surface area (Å²) in [6.07, 6.45) is -2.86. The Hall–Kier alpha value is -3.60. The fourth-order valence-corrected chi connectivity index (χ4v) is 2.14. The van der Waals surface area contributed by atoms with Gasteiger partial charge < -0.3 is 10.6 Å². The molecule has 3 rings (SSSR count). The fraction of sp³-hybridized carbons (Fsp3) is 0.0556. The molecule has 2 aromatic carbocycles. The third kappa shape index (κ3) is 4.27. The van der Waals surface area contributed by atoms with Crippen molar-refractivity contribution in [2.45, 2.75) is 6.18 Å². The Labute approximate surface area is 147 Å². The molecule has 0 aliphatic rings. The lowest BCUT2D eigenvalue weighted by Crippen LogP contribution is -2.05. The summed E-state index contributed by atoms with van der Waals surface area (Å²) in [6, 6.07) is 15.1. The molecule has 0 amide bonds. The summed E-state index contributed by atoms with van der Waals surface area (Å²) in [6.45, 7) is 0. The van der Waals surface area contributed by atoms with E-state index in [0.29, 0.717) is 17.1 Å². The second kappa shape index (κ2) is 7.11. The Kier molecular flexibility index (Phi) is 4.71. The number of anilines is 4. The Balaban J connectivity index is 1.71. The van der Waals surface area contributed by atoms with E-state index < -0.39 is 11.7 Å². The van der Waals surface area contributed by atoms with Gasteiger partial charge in [-0.15, -0.1) is 0 Å². The number of hydrogen-bond donors (Lipinski definition) is 2. The van der Waals surface area contributed by atoms with Crippen molar-refractivity contribution in [3.8, 4) is 6.07 Å². The largest absolute Gasteiger partial charge is 0.416 e. The molecule has 0 fully saturated rings. The van der Waals surface area contributed by atoms with Crippen LogP contribution >= 0.6 is 0 Å². The normalized spacial score (nSPS) is 10.8. The van der Waals surface area contributed by atoms with Crippen LogP contribution in [0.1, 0.15) is 11.1 Å². The van der Waals surface area contributed by atoms with Crippen LogP contribution in [0.2, 0.25) is 0 Å². The molecule has 1 heterocycles. The summed E-state index contributed by atoms with van der Waals surface area (Å²) < 4.78 is 37.7. The SMILES string of the molecule is N#Cc1ccc(Nc2ccnc(Nc3ccc(C(F)(F)F)cc3)n2)cc1. The summed E-state index contributed by atoms with van der Waals surface area (Å²) in [4.78, 5) is 8.30. The number of nitrogens with zero attached hydrogens (tertiary/aromatic N) is 3. The molecule has 130 valence electrons. The van der Waals surface area contributed by atoms with Crippen molar-refractivity contribution in [3.05, 3.63) is 71.9 Å². The van der Waals surface area contributed by atoms with Crippen molar-refractivity contribution >= 4 is 23.1 Å². The second-order valence-electron chi connectivity index (χ2n) is 5.28. The van der Waals surface area contributed by atoms with E-state index in [0.717, 1.165) is 17.8 Å². The van der Waals surface area contributed by atoms with Crippen LogP contribution in [0.15, 0.2) is 60.8 Å². The molecular weight excluding hydrogens is 343 g/mol. The lowest BCUT2D eigenvalue weighted by atomic mass is 10.2. The third-order valence-electron chi connectivity index (χ3n) is 3.41. The van der Waals surface area contributed by atoms with Gasteiger partial charge in [-0.2, -0.15) is 23.4 Å².